The maximum atomic E-state index is 12.1. The zero-order valence-electron chi connectivity index (χ0n) is 13.4. The van der Waals surface area contributed by atoms with Gasteiger partial charge in [0.15, 0.2) is 11.0 Å². The third kappa shape index (κ3) is 3.94. The lowest BCUT2D eigenvalue weighted by atomic mass is 10.2. The molecule has 1 amide bonds. The minimum atomic E-state index is -0.165. The molecule has 0 radical (unpaired) electrons. The molecular weight excluding hydrogens is 358 g/mol. The Morgan fingerprint density at radius 2 is 1.92 bits per heavy atom. The van der Waals surface area contributed by atoms with Crippen molar-refractivity contribution in [2.75, 3.05) is 16.8 Å². The van der Waals surface area contributed by atoms with E-state index in [0.717, 1.165) is 5.56 Å². The molecule has 8 heteroatoms. The van der Waals surface area contributed by atoms with E-state index in [1.807, 2.05) is 48.0 Å². The largest absolute Gasteiger partial charge is 0.398 e. The molecule has 1 heterocycles. The number of hydrogen-bond acceptors (Lipinski definition) is 5. The first kappa shape index (κ1) is 17.3. The van der Waals surface area contributed by atoms with Gasteiger partial charge in [-0.15, -0.1) is 10.2 Å². The van der Waals surface area contributed by atoms with E-state index in [9.17, 15) is 4.79 Å². The number of anilines is 2. The number of para-hydroxylation sites is 2. The van der Waals surface area contributed by atoms with Crippen LogP contribution in [-0.2, 0) is 11.8 Å². The Kier molecular flexibility index (Phi) is 5.25. The summed E-state index contributed by atoms with van der Waals surface area (Å²) in [6.45, 7) is 0. The van der Waals surface area contributed by atoms with Gasteiger partial charge in [0.1, 0.15) is 0 Å². The number of nitrogens with zero attached hydrogens (tertiary/aromatic N) is 3. The van der Waals surface area contributed by atoms with Crippen molar-refractivity contribution in [3.63, 3.8) is 0 Å². The number of halogens is 1. The third-order valence-electron chi connectivity index (χ3n) is 3.52. The van der Waals surface area contributed by atoms with Gasteiger partial charge >= 0.3 is 0 Å². The predicted molar refractivity (Wildman–Crippen MR) is 102 cm³/mol. The van der Waals surface area contributed by atoms with E-state index in [4.69, 9.17) is 17.3 Å². The molecule has 0 unspecified atom stereocenters. The molecule has 0 aliphatic carbocycles. The van der Waals surface area contributed by atoms with E-state index >= 15 is 0 Å². The predicted octanol–water partition coefficient (Wildman–Crippen LogP) is 3.45. The van der Waals surface area contributed by atoms with E-state index in [2.05, 4.69) is 15.5 Å². The third-order valence-corrected chi connectivity index (χ3v) is 4.87. The second-order valence-electron chi connectivity index (χ2n) is 5.27. The Hall–Kier alpha value is -2.51. The molecular formula is C17H16ClN5OS. The van der Waals surface area contributed by atoms with Crippen molar-refractivity contribution in [1.29, 1.82) is 0 Å². The molecule has 0 spiro atoms. The van der Waals surface area contributed by atoms with Crippen molar-refractivity contribution in [3.05, 3.63) is 53.6 Å². The van der Waals surface area contributed by atoms with Crippen LogP contribution in [0.15, 0.2) is 53.7 Å². The quantitative estimate of drug-likeness (QED) is 0.528. The topological polar surface area (TPSA) is 85.8 Å². The molecule has 0 saturated heterocycles. The van der Waals surface area contributed by atoms with Crippen molar-refractivity contribution < 1.29 is 4.79 Å². The van der Waals surface area contributed by atoms with Crippen molar-refractivity contribution in [3.8, 4) is 11.4 Å². The normalized spacial score (nSPS) is 10.6. The summed E-state index contributed by atoms with van der Waals surface area (Å²) in [7, 11) is 1.84. The molecule has 3 aromatic rings. The Labute approximate surface area is 154 Å². The lowest BCUT2D eigenvalue weighted by molar-refractivity contribution is -0.113. The number of hydrogen-bond donors (Lipinski definition) is 2. The molecule has 25 heavy (non-hydrogen) atoms. The number of thioether (sulfide) groups is 1. The number of nitrogen functional groups attached to an aromatic ring is 1. The summed E-state index contributed by atoms with van der Waals surface area (Å²) in [5, 5.41) is 12.2. The van der Waals surface area contributed by atoms with Crippen molar-refractivity contribution in [2.45, 2.75) is 5.16 Å². The zero-order chi connectivity index (χ0) is 17.8. The number of nitrogens with one attached hydrogen (secondary N) is 1. The molecule has 0 fully saturated rings. The van der Waals surface area contributed by atoms with Crippen LogP contribution in [0.3, 0.4) is 0 Å². The van der Waals surface area contributed by atoms with Gasteiger partial charge in [0, 0.05) is 18.3 Å². The minimum absolute atomic E-state index is 0.165. The van der Waals surface area contributed by atoms with Gasteiger partial charge in [-0.2, -0.15) is 0 Å². The number of aromatic nitrogens is 3. The minimum Gasteiger partial charge on any atom is -0.398 e. The fraction of sp³-hybridized carbons (Fsp3) is 0.118. The summed E-state index contributed by atoms with van der Waals surface area (Å²) >= 11 is 7.33. The Morgan fingerprint density at radius 1 is 1.20 bits per heavy atom. The summed E-state index contributed by atoms with van der Waals surface area (Å²) in [5.41, 5.74) is 8.02. The maximum absolute atomic E-state index is 12.1. The van der Waals surface area contributed by atoms with Gasteiger partial charge < -0.3 is 15.6 Å². The average Bonchev–Trinajstić information content (AvgIpc) is 2.96. The Bertz CT molecular complexity index is 912. The van der Waals surface area contributed by atoms with E-state index in [-0.39, 0.29) is 11.7 Å². The fourth-order valence-corrected chi connectivity index (χ4v) is 3.15. The number of nitrogens with two attached hydrogens (primary N) is 1. The van der Waals surface area contributed by atoms with Crippen LogP contribution in [0.25, 0.3) is 11.4 Å². The highest BCUT2D eigenvalue weighted by atomic mass is 35.5. The van der Waals surface area contributed by atoms with Gasteiger partial charge in [-0.05, 0) is 24.3 Å². The van der Waals surface area contributed by atoms with Gasteiger partial charge in [0.2, 0.25) is 5.91 Å². The van der Waals surface area contributed by atoms with Crippen LogP contribution >= 0.6 is 23.4 Å². The van der Waals surface area contributed by atoms with Crippen LogP contribution in [0.4, 0.5) is 11.4 Å². The lowest BCUT2D eigenvalue weighted by Crippen LogP contribution is -2.14. The summed E-state index contributed by atoms with van der Waals surface area (Å²) in [5.74, 6) is 0.690. The monoisotopic (exact) mass is 373 g/mol. The molecule has 128 valence electrons. The van der Waals surface area contributed by atoms with Crippen LogP contribution in [0, 0.1) is 0 Å². The van der Waals surface area contributed by atoms with Gasteiger partial charge in [0.25, 0.3) is 0 Å². The van der Waals surface area contributed by atoms with Crippen LogP contribution in [0.2, 0.25) is 5.02 Å². The van der Waals surface area contributed by atoms with E-state index in [0.29, 0.717) is 27.4 Å². The summed E-state index contributed by atoms with van der Waals surface area (Å²) in [6.07, 6.45) is 0. The molecule has 1 aromatic heterocycles. The summed E-state index contributed by atoms with van der Waals surface area (Å²) in [6, 6.07) is 14.6. The summed E-state index contributed by atoms with van der Waals surface area (Å²) in [4.78, 5) is 12.1. The van der Waals surface area contributed by atoms with Crippen molar-refractivity contribution in [2.24, 2.45) is 7.05 Å². The van der Waals surface area contributed by atoms with Crippen LogP contribution in [0.5, 0.6) is 0 Å². The number of benzene rings is 2. The molecule has 0 aliphatic heterocycles. The van der Waals surface area contributed by atoms with E-state index in [1.165, 1.54) is 11.8 Å². The summed E-state index contributed by atoms with van der Waals surface area (Å²) < 4.78 is 1.82. The Balaban J connectivity index is 1.67. The molecule has 3 rings (SSSR count). The molecule has 0 atom stereocenters. The van der Waals surface area contributed by atoms with Gasteiger partial charge in [0.05, 0.1) is 16.5 Å². The SMILES string of the molecule is Cn1c(SCC(=O)Nc2ccccc2Cl)nnc1-c1ccccc1N. The average molecular weight is 374 g/mol. The van der Waals surface area contributed by atoms with Crippen molar-refractivity contribution in [1.82, 2.24) is 14.8 Å². The first-order valence-electron chi connectivity index (χ1n) is 7.47. The standard InChI is InChI=1S/C17H16ClN5OS/c1-23-16(11-6-2-4-8-13(11)19)21-22-17(23)25-10-15(24)20-14-9-5-3-7-12(14)18/h2-9H,10,19H2,1H3,(H,20,24). The number of carbonyl (C=O) groups is 1. The first-order chi connectivity index (χ1) is 12.1. The van der Waals surface area contributed by atoms with Gasteiger partial charge in [-0.25, -0.2) is 0 Å². The van der Waals surface area contributed by atoms with E-state index in [1.54, 1.807) is 12.1 Å². The molecule has 6 nitrogen and oxygen atoms in total. The van der Waals surface area contributed by atoms with Crippen molar-refractivity contribution >= 4 is 40.6 Å². The highest BCUT2D eigenvalue weighted by Gasteiger charge is 2.14. The van der Waals surface area contributed by atoms with Crippen LogP contribution < -0.4 is 11.1 Å². The number of amides is 1. The number of rotatable bonds is 5. The maximum Gasteiger partial charge on any atom is 0.234 e. The fourth-order valence-electron chi connectivity index (χ4n) is 2.25. The van der Waals surface area contributed by atoms with E-state index < -0.39 is 0 Å². The molecule has 2 aromatic carbocycles. The zero-order valence-corrected chi connectivity index (χ0v) is 15.0. The first-order valence-corrected chi connectivity index (χ1v) is 8.84. The molecule has 0 saturated carbocycles. The second kappa shape index (κ2) is 7.58. The Morgan fingerprint density at radius 3 is 2.68 bits per heavy atom. The molecule has 0 aliphatic rings. The lowest BCUT2D eigenvalue weighted by Gasteiger charge is -2.07. The van der Waals surface area contributed by atoms with Gasteiger partial charge in [-0.1, -0.05) is 47.6 Å². The molecule has 3 N–H and O–H groups in total. The highest BCUT2D eigenvalue weighted by molar-refractivity contribution is 7.99. The van der Waals surface area contributed by atoms with Crippen LogP contribution in [-0.4, -0.2) is 26.4 Å². The smallest absolute Gasteiger partial charge is 0.234 e. The second-order valence-corrected chi connectivity index (χ2v) is 6.62. The number of carbonyl (C=O) groups excluding carboxylic acids is 1. The van der Waals surface area contributed by atoms with Crippen LogP contribution in [0.1, 0.15) is 0 Å². The highest BCUT2D eigenvalue weighted by Crippen LogP contribution is 2.27. The van der Waals surface area contributed by atoms with Gasteiger partial charge in [-0.3, -0.25) is 4.79 Å². The molecule has 0 bridgehead atoms.